The number of nitrogens with two attached hydrogens (primary N) is 1. The molecule has 0 saturated heterocycles. The second-order valence-electron chi connectivity index (χ2n) is 5.22. The summed E-state index contributed by atoms with van der Waals surface area (Å²) in [5.74, 6) is 0. The monoisotopic (exact) mass is 218 g/mol. The molecule has 1 aliphatic rings. The van der Waals surface area contributed by atoms with Gasteiger partial charge in [0.2, 0.25) is 0 Å². The maximum Gasteiger partial charge on any atom is 0.0363 e. The van der Waals surface area contributed by atoms with Crippen LogP contribution in [0, 0.1) is 6.92 Å². The number of benzene rings is 1. The van der Waals surface area contributed by atoms with Crippen LogP contribution in [0.25, 0.3) is 0 Å². The molecule has 1 aromatic carbocycles. The van der Waals surface area contributed by atoms with E-state index in [1.807, 2.05) is 0 Å². The molecule has 1 aliphatic carbocycles. The molecule has 1 saturated carbocycles. The highest BCUT2D eigenvalue weighted by atomic mass is 15.1. The molecular weight excluding hydrogens is 196 g/mol. The van der Waals surface area contributed by atoms with Crippen LogP contribution in [0.2, 0.25) is 0 Å². The van der Waals surface area contributed by atoms with E-state index in [2.05, 4.69) is 43.1 Å². The summed E-state index contributed by atoms with van der Waals surface area (Å²) in [6, 6.07) is 8.68. The Bertz CT molecular complexity index is 338. The number of anilines is 1. The zero-order valence-electron chi connectivity index (χ0n) is 10.4. The Kier molecular flexibility index (Phi) is 3.20. The summed E-state index contributed by atoms with van der Waals surface area (Å²) in [6.07, 6.45) is 4.82. The molecule has 2 N–H and O–H groups in total. The van der Waals surface area contributed by atoms with Crippen molar-refractivity contribution in [2.24, 2.45) is 5.73 Å². The van der Waals surface area contributed by atoms with Gasteiger partial charge in [-0.2, -0.15) is 0 Å². The maximum atomic E-state index is 6.23. The van der Waals surface area contributed by atoms with Crippen LogP contribution in [0.15, 0.2) is 24.3 Å². The lowest BCUT2D eigenvalue weighted by Gasteiger charge is -2.39. The van der Waals surface area contributed by atoms with Crippen molar-refractivity contribution in [3.63, 3.8) is 0 Å². The minimum absolute atomic E-state index is 0.138. The van der Waals surface area contributed by atoms with Gasteiger partial charge in [0.1, 0.15) is 0 Å². The first kappa shape index (κ1) is 11.5. The zero-order chi connectivity index (χ0) is 11.6. The summed E-state index contributed by atoms with van der Waals surface area (Å²) in [5, 5.41) is 0. The molecular formula is C14H22N2. The Balaban J connectivity index is 1.87. The second kappa shape index (κ2) is 4.46. The molecule has 2 heteroatoms. The number of hydrogen-bond donors (Lipinski definition) is 1. The molecule has 2 rings (SSSR count). The third kappa shape index (κ3) is 2.56. The average molecular weight is 218 g/mol. The lowest BCUT2D eigenvalue weighted by molar-refractivity contribution is 0.234. The van der Waals surface area contributed by atoms with Crippen LogP contribution in [0.4, 0.5) is 5.69 Å². The summed E-state index contributed by atoms with van der Waals surface area (Å²) in [4.78, 5) is 2.30. The van der Waals surface area contributed by atoms with Crippen molar-refractivity contribution in [3.05, 3.63) is 29.8 Å². The van der Waals surface area contributed by atoms with E-state index < -0.39 is 0 Å². The van der Waals surface area contributed by atoms with Crippen molar-refractivity contribution in [1.82, 2.24) is 0 Å². The minimum Gasteiger partial charge on any atom is -0.375 e. The molecule has 16 heavy (non-hydrogen) atoms. The SMILES string of the molecule is Cc1ccc(N(C)CCC2(N)CCC2)cc1. The summed E-state index contributed by atoms with van der Waals surface area (Å²) < 4.78 is 0. The van der Waals surface area contributed by atoms with Gasteiger partial charge in [-0.1, -0.05) is 17.7 Å². The van der Waals surface area contributed by atoms with E-state index in [1.54, 1.807) is 0 Å². The van der Waals surface area contributed by atoms with Crippen molar-refractivity contribution >= 4 is 5.69 Å². The molecule has 0 radical (unpaired) electrons. The van der Waals surface area contributed by atoms with Gasteiger partial charge in [-0.15, -0.1) is 0 Å². The Labute approximate surface area is 98.4 Å². The van der Waals surface area contributed by atoms with Crippen molar-refractivity contribution in [2.75, 3.05) is 18.5 Å². The third-order valence-electron chi connectivity index (χ3n) is 3.77. The Morgan fingerprint density at radius 3 is 2.38 bits per heavy atom. The Morgan fingerprint density at radius 1 is 1.25 bits per heavy atom. The van der Waals surface area contributed by atoms with Gasteiger partial charge in [-0.3, -0.25) is 0 Å². The van der Waals surface area contributed by atoms with Crippen molar-refractivity contribution in [1.29, 1.82) is 0 Å². The first-order valence-corrected chi connectivity index (χ1v) is 6.16. The Hall–Kier alpha value is -1.02. The fourth-order valence-corrected chi connectivity index (χ4v) is 2.20. The molecule has 2 nitrogen and oxygen atoms in total. The van der Waals surface area contributed by atoms with Gasteiger partial charge < -0.3 is 10.6 Å². The van der Waals surface area contributed by atoms with Crippen molar-refractivity contribution < 1.29 is 0 Å². The van der Waals surface area contributed by atoms with Crippen LogP contribution in [-0.4, -0.2) is 19.1 Å². The van der Waals surface area contributed by atoms with Crippen molar-refractivity contribution in [3.8, 4) is 0 Å². The molecule has 1 aromatic rings. The Morgan fingerprint density at radius 2 is 1.88 bits per heavy atom. The van der Waals surface area contributed by atoms with E-state index in [1.165, 1.54) is 30.5 Å². The molecule has 0 heterocycles. The number of hydrogen-bond acceptors (Lipinski definition) is 2. The lowest BCUT2D eigenvalue weighted by atomic mass is 9.75. The molecule has 1 fully saturated rings. The summed E-state index contributed by atoms with van der Waals surface area (Å²) in [5.41, 5.74) is 8.96. The van der Waals surface area contributed by atoms with Gasteiger partial charge in [0.05, 0.1) is 0 Å². The van der Waals surface area contributed by atoms with Crippen LogP contribution in [0.3, 0.4) is 0 Å². The molecule has 0 aliphatic heterocycles. The van der Waals surface area contributed by atoms with Gasteiger partial charge in [0.15, 0.2) is 0 Å². The standard InChI is InChI=1S/C14H22N2/c1-12-4-6-13(7-5-12)16(2)11-10-14(15)8-3-9-14/h4-7H,3,8-11,15H2,1-2H3. The van der Waals surface area contributed by atoms with E-state index in [0.717, 1.165) is 13.0 Å². The van der Waals surface area contributed by atoms with Crippen LogP contribution in [0.1, 0.15) is 31.2 Å². The molecule has 0 amide bonds. The predicted octanol–water partition coefficient (Wildman–Crippen LogP) is 2.70. The third-order valence-corrected chi connectivity index (χ3v) is 3.77. The van der Waals surface area contributed by atoms with Gasteiger partial charge >= 0.3 is 0 Å². The van der Waals surface area contributed by atoms with Crippen LogP contribution in [0.5, 0.6) is 0 Å². The van der Waals surface area contributed by atoms with Gasteiger partial charge in [0, 0.05) is 24.8 Å². The fraction of sp³-hybridized carbons (Fsp3) is 0.571. The zero-order valence-corrected chi connectivity index (χ0v) is 10.4. The largest absolute Gasteiger partial charge is 0.375 e. The fourth-order valence-electron chi connectivity index (χ4n) is 2.20. The van der Waals surface area contributed by atoms with Crippen LogP contribution in [-0.2, 0) is 0 Å². The highest BCUT2D eigenvalue weighted by molar-refractivity contribution is 5.46. The predicted molar refractivity (Wildman–Crippen MR) is 69.8 cm³/mol. The van der Waals surface area contributed by atoms with Gasteiger partial charge in [-0.05, 0) is 44.7 Å². The topological polar surface area (TPSA) is 29.3 Å². The normalized spacial score (nSPS) is 17.9. The first-order valence-electron chi connectivity index (χ1n) is 6.16. The van der Waals surface area contributed by atoms with E-state index in [9.17, 15) is 0 Å². The molecule has 0 bridgehead atoms. The molecule has 0 unspecified atom stereocenters. The quantitative estimate of drug-likeness (QED) is 0.842. The minimum atomic E-state index is 0.138. The van der Waals surface area contributed by atoms with Crippen LogP contribution < -0.4 is 10.6 Å². The number of aryl methyl sites for hydroxylation is 1. The molecule has 0 atom stereocenters. The maximum absolute atomic E-state index is 6.23. The van der Waals surface area contributed by atoms with E-state index in [0.29, 0.717) is 0 Å². The number of rotatable bonds is 4. The van der Waals surface area contributed by atoms with Gasteiger partial charge in [-0.25, -0.2) is 0 Å². The smallest absolute Gasteiger partial charge is 0.0363 e. The van der Waals surface area contributed by atoms with Crippen LogP contribution >= 0.6 is 0 Å². The second-order valence-corrected chi connectivity index (χ2v) is 5.22. The summed E-state index contributed by atoms with van der Waals surface area (Å²) in [7, 11) is 2.15. The van der Waals surface area contributed by atoms with E-state index in [4.69, 9.17) is 5.73 Å². The molecule has 0 spiro atoms. The summed E-state index contributed by atoms with van der Waals surface area (Å²) >= 11 is 0. The number of nitrogens with zero attached hydrogens (tertiary/aromatic N) is 1. The first-order chi connectivity index (χ1) is 7.59. The van der Waals surface area contributed by atoms with Gasteiger partial charge in [0.25, 0.3) is 0 Å². The summed E-state index contributed by atoms with van der Waals surface area (Å²) in [6.45, 7) is 3.17. The van der Waals surface area contributed by atoms with Crippen molar-refractivity contribution in [2.45, 2.75) is 38.1 Å². The lowest BCUT2D eigenvalue weighted by Crippen LogP contribution is -2.48. The van der Waals surface area contributed by atoms with E-state index >= 15 is 0 Å². The molecule has 88 valence electrons. The highest BCUT2D eigenvalue weighted by Gasteiger charge is 2.31. The van der Waals surface area contributed by atoms with E-state index in [-0.39, 0.29) is 5.54 Å². The highest BCUT2D eigenvalue weighted by Crippen LogP contribution is 2.32. The molecule has 0 aromatic heterocycles. The average Bonchev–Trinajstić information content (AvgIpc) is 2.24.